The first-order valence-electron chi connectivity index (χ1n) is 6.55. The standard InChI is InChI=1S/C16H15N5/c1-21(12-6-4-5-11(9-12)15(17)18)16-13-7-2-3-8-14(13)19-10-20-16/h2-10H,1H3,(H3,17,18). The lowest BCUT2D eigenvalue weighted by Gasteiger charge is -2.20. The summed E-state index contributed by atoms with van der Waals surface area (Å²) in [6.07, 6.45) is 1.56. The van der Waals surface area contributed by atoms with Gasteiger partial charge < -0.3 is 10.6 Å². The molecule has 0 aliphatic rings. The summed E-state index contributed by atoms with van der Waals surface area (Å²) >= 11 is 0. The van der Waals surface area contributed by atoms with Gasteiger partial charge in [-0.25, -0.2) is 9.97 Å². The molecule has 1 aromatic heterocycles. The van der Waals surface area contributed by atoms with E-state index >= 15 is 0 Å². The summed E-state index contributed by atoms with van der Waals surface area (Å²) in [4.78, 5) is 10.6. The van der Waals surface area contributed by atoms with Gasteiger partial charge in [-0.1, -0.05) is 24.3 Å². The van der Waals surface area contributed by atoms with Crippen molar-refractivity contribution in [2.45, 2.75) is 0 Å². The predicted molar refractivity (Wildman–Crippen MR) is 85.1 cm³/mol. The van der Waals surface area contributed by atoms with Crippen LogP contribution in [0.2, 0.25) is 0 Å². The Kier molecular flexibility index (Phi) is 3.23. The molecule has 3 rings (SSSR count). The second-order valence-corrected chi connectivity index (χ2v) is 4.74. The number of nitrogens with two attached hydrogens (primary N) is 1. The van der Waals surface area contributed by atoms with Crippen LogP contribution in [-0.4, -0.2) is 22.9 Å². The second kappa shape index (κ2) is 5.20. The van der Waals surface area contributed by atoms with Crippen molar-refractivity contribution in [2.24, 2.45) is 5.73 Å². The zero-order valence-electron chi connectivity index (χ0n) is 11.6. The highest BCUT2D eigenvalue weighted by atomic mass is 15.2. The van der Waals surface area contributed by atoms with Crippen molar-refractivity contribution in [2.75, 3.05) is 11.9 Å². The van der Waals surface area contributed by atoms with Crippen molar-refractivity contribution in [3.8, 4) is 0 Å². The van der Waals surface area contributed by atoms with Gasteiger partial charge in [0, 0.05) is 23.7 Å². The zero-order valence-corrected chi connectivity index (χ0v) is 11.6. The average Bonchev–Trinajstić information content (AvgIpc) is 2.53. The van der Waals surface area contributed by atoms with Crippen LogP contribution in [0, 0.1) is 5.41 Å². The highest BCUT2D eigenvalue weighted by Crippen LogP contribution is 2.28. The summed E-state index contributed by atoms with van der Waals surface area (Å²) in [5.41, 5.74) is 8.07. The lowest BCUT2D eigenvalue weighted by Crippen LogP contribution is -2.15. The number of nitrogens with zero attached hydrogens (tertiary/aromatic N) is 3. The van der Waals surface area contributed by atoms with Gasteiger partial charge in [-0.05, 0) is 24.3 Å². The molecule has 5 heteroatoms. The molecule has 0 aliphatic carbocycles. The molecule has 0 fully saturated rings. The van der Waals surface area contributed by atoms with E-state index in [2.05, 4.69) is 9.97 Å². The molecule has 2 aromatic carbocycles. The van der Waals surface area contributed by atoms with E-state index in [0.29, 0.717) is 5.56 Å². The first kappa shape index (κ1) is 13.1. The topological polar surface area (TPSA) is 78.9 Å². The number of rotatable bonds is 3. The van der Waals surface area contributed by atoms with Gasteiger partial charge in [0.15, 0.2) is 0 Å². The summed E-state index contributed by atoms with van der Waals surface area (Å²) < 4.78 is 0. The smallest absolute Gasteiger partial charge is 0.144 e. The highest BCUT2D eigenvalue weighted by molar-refractivity contribution is 5.96. The third-order valence-corrected chi connectivity index (χ3v) is 3.38. The summed E-state index contributed by atoms with van der Waals surface area (Å²) in [6.45, 7) is 0. The number of hydrogen-bond acceptors (Lipinski definition) is 4. The third-order valence-electron chi connectivity index (χ3n) is 3.38. The average molecular weight is 277 g/mol. The molecular formula is C16H15N5. The zero-order chi connectivity index (χ0) is 14.8. The van der Waals surface area contributed by atoms with Gasteiger partial charge in [-0.3, -0.25) is 5.41 Å². The molecule has 3 N–H and O–H groups in total. The molecule has 1 heterocycles. The molecule has 0 aliphatic heterocycles. The van der Waals surface area contributed by atoms with Crippen LogP contribution in [0.15, 0.2) is 54.9 Å². The van der Waals surface area contributed by atoms with Crippen LogP contribution in [0.4, 0.5) is 11.5 Å². The molecule has 5 nitrogen and oxygen atoms in total. The maximum absolute atomic E-state index is 7.54. The number of nitrogens with one attached hydrogen (secondary N) is 1. The van der Waals surface area contributed by atoms with Gasteiger partial charge in [0.2, 0.25) is 0 Å². The minimum Gasteiger partial charge on any atom is -0.384 e. The van der Waals surface area contributed by atoms with Crippen molar-refractivity contribution in [1.29, 1.82) is 5.41 Å². The largest absolute Gasteiger partial charge is 0.384 e. The SMILES string of the molecule is CN(c1cccc(C(=N)N)c1)c1ncnc2ccccc12. The maximum Gasteiger partial charge on any atom is 0.144 e. The quantitative estimate of drug-likeness (QED) is 0.570. The van der Waals surface area contributed by atoms with Gasteiger partial charge in [-0.2, -0.15) is 0 Å². The van der Waals surface area contributed by atoms with Gasteiger partial charge in [0.25, 0.3) is 0 Å². The number of benzene rings is 2. The number of para-hydroxylation sites is 1. The number of amidine groups is 1. The molecular weight excluding hydrogens is 262 g/mol. The minimum atomic E-state index is 0.0535. The van der Waals surface area contributed by atoms with E-state index in [1.54, 1.807) is 6.33 Å². The Hall–Kier alpha value is -2.95. The molecule has 104 valence electrons. The molecule has 0 spiro atoms. The molecule has 0 amide bonds. The van der Waals surface area contributed by atoms with Crippen LogP contribution in [0.5, 0.6) is 0 Å². The molecule has 0 unspecified atom stereocenters. The summed E-state index contributed by atoms with van der Waals surface area (Å²) in [7, 11) is 1.94. The highest BCUT2D eigenvalue weighted by Gasteiger charge is 2.10. The lowest BCUT2D eigenvalue weighted by atomic mass is 10.1. The fourth-order valence-electron chi connectivity index (χ4n) is 2.26. The van der Waals surface area contributed by atoms with Gasteiger partial charge in [-0.15, -0.1) is 0 Å². The van der Waals surface area contributed by atoms with E-state index in [4.69, 9.17) is 11.1 Å². The second-order valence-electron chi connectivity index (χ2n) is 4.74. The van der Waals surface area contributed by atoms with Crippen LogP contribution in [0.1, 0.15) is 5.56 Å². The van der Waals surface area contributed by atoms with E-state index in [0.717, 1.165) is 22.4 Å². The first-order valence-corrected chi connectivity index (χ1v) is 6.55. The molecule has 0 radical (unpaired) electrons. The number of anilines is 2. The van der Waals surface area contributed by atoms with Crippen molar-refractivity contribution in [3.63, 3.8) is 0 Å². The Labute approximate surface area is 122 Å². The maximum atomic E-state index is 7.54. The predicted octanol–water partition coefficient (Wildman–Crippen LogP) is 2.68. The van der Waals surface area contributed by atoms with Gasteiger partial charge in [0.1, 0.15) is 18.0 Å². The number of hydrogen-bond donors (Lipinski definition) is 2. The normalized spacial score (nSPS) is 10.5. The fourth-order valence-corrected chi connectivity index (χ4v) is 2.26. The monoisotopic (exact) mass is 277 g/mol. The first-order chi connectivity index (χ1) is 10.2. The Balaban J connectivity index is 2.10. The Morgan fingerprint density at radius 1 is 1.10 bits per heavy atom. The molecule has 0 saturated heterocycles. The number of aromatic nitrogens is 2. The summed E-state index contributed by atoms with van der Waals surface area (Å²) in [5.74, 6) is 0.874. The van der Waals surface area contributed by atoms with Crippen molar-refractivity contribution < 1.29 is 0 Å². The Morgan fingerprint density at radius 2 is 1.90 bits per heavy atom. The van der Waals surface area contributed by atoms with Crippen LogP contribution >= 0.6 is 0 Å². The molecule has 3 aromatic rings. The number of fused-ring (bicyclic) bond motifs is 1. The van der Waals surface area contributed by atoms with Crippen molar-refractivity contribution in [1.82, 2.24) is 9.97 Å². The van der Waals surface area contributed by atoms with Crippen molar-refractivity contribution in [3.05, 3.63) is 60.4 Å². The van der Waals surface area contributed by atoms with E-state index < -0.39 is 0 Å². The van der Waals surface area contributed by atoms with E-state index in [-0.39, 0.29) is 5.84 Å². The summed E-state index contributed by atoms with van der Waals surface area (Å²) in [5, 5.41) is 8.52. The Bertz CT molecular complexity index is 807. The molecule has 0 saturated carbocycles. The summed E-state index contributed by atoms with van der Waals surface area (Å²) in [6, 6.07) is 15.4. The molecule has 0 bridgehead atoms. The van der Waals surface area contributed by atoms with E-state index in [1.807, 2.05) is 60.5 Å². The third kappa shape index (κ3) is 2.41. The Morgan fingerprint density at radius 3 is 2.71 bits per heavy atom. The van der Waals surface area contributed by atoms with E-state index in [9.17, 15) is 0 Å². The van der Waals surface area contributed by atoms with Crippen LogP contribution in [0.25, 0.3) is 10.9 Å². The minimum absolute atomic E-state index is 0.0535. The van der Waals surface area contributed by atoms with Gasteiger partial charge >= 0.3 is 0 Å². The van der Waals surface area contributed by atoms with Crippen LogP contribution in [0.3, 0.4) is 0 Å². The fraction of sp³-hybridized carbons (Fsp3) is 0.0625. The van der Waals surface area contributed by atoms with E-state index in [1.165, 1.54) is 0 Å². The van der Waals surface area contributed by atoms with Crippen molar-refractivity contribution >= 4 is 28.2 Å². The lowest BCUT2D eigenvalue weighted by molar-refractivity contribution is 1.11. The van der Waals surface area contributed by atoms with Crippen LogP contribution < -0.4 is 10.6 Å². The van der Waals surface area contributed by atoms with Gasteiger partial charge in [0.05, 0.1) is 5.52 Å². The number of nitrogen functional groups attached to an aromatic ring is 1. The molecule has 21 heavy (non-hydrogen) atoms. The molecule has 0 atom stereocenters. The van der Waals surface area contributed by atoms with Crippen LogP contribution in [-0.2, 0) is 0 Å².